The maximum atomic E-state index is 12.7. The molecule has 0 aromatic heterocycles. The molecule has 0 amide bonds. The number of nitrogens with zero attached hydrogens (tertiary/aromatic N) is 1. The van der Waals surface area contributed by atoms with E-state index >= 15 is 0 Å². The van der Waals surface area contributed by atoms with E-state index in [4.69, 9.17) is 5.11 Å². The van der Waals surface area contributed by atoms with Crippen LogP contribution in [0.2, 0.25) is 0 Å². The highest BCUT2D eigenvalue weighted by atomic mass is 19.4. The summed E-state index contributed by atoms with van der Waals surface area (Å²) in [7, 11) is 0. The molecule has 0 spiro atoms. The molecule has 1 heterocycles. The van der Waals surface area contributed by atoms with Gasteiger partial charge in [0.2, 0.25) is 0 Å². The van der Waals surface area contributed by atoms with Gasteiger partial charge in [0, 0.05) is 18.3 Å². The van der Waals surface area contributed by atoms with E-state index in [1.54, 1.807) is 6.92 Å². The van der Waals surface area contributed by atoms with Gasteiger partial charge in [0.1, 0.15) is 0 Å². The van der Waals surface area contributed by atoms with Gasteiger partial charge in [0.15, 0.2) is 0 Å². The van der Waals surface area contributed by atoms with E-state index in [0.29, 0.717) is 24.2 Å². The molecule has 1 N–H and O–H groups in total. The molecule has 3 nitrogen and oxygen atoms in total. The molecular formula is C14H16F3NO2. The van der Waals surface area contributed by atoms with Crippen LogP contribution in [0, 0.1) is 5.92 Å². The molecule has 0 saturated carbocycles. The Labute approximate surface area is 115 Å². The normalized spacial score (nSPS) is 19.9. The molecule has 0 bridgehead atoms. The van der Waals surface area contributed by atoms with E-state index in [-0.39, 0.29) is 6.04 Å². The Balaban J connectivity index is 2.37. The summed E-state index contributed by atoms with van der Waals surface area (Å²) in [5, 5.41) is 9.11. The van der Waals surface area contributed by atoms with Gasteiger partial charge in [-0.05, 0) is 44.0 Å². The summed E-state index contributed by atoms with van der Waals surface area (Å²) in [5.74, 6) is -1.56. The van der Waals surface area contributed by atoms with Crippen LogP contribution in [0.15, 0.2) is 18.2 Å². The first kappa shape index (κ1) is 14.7. The van der Waals surface area contributed by atoms with Crippen molar-refractivity contribution in [3.8, 4) is 0 Å². The van der Waals surface area contributed by atoms with Crippen molar-refractivity contribution in [2.75, 3.05) is 11.4 Å². The number of benzene rings is 1. The third kappa shape index (κ3) is 2.46. The number of rotatable bonds is 3. The maximum absolute atomic E-state index is 12.7. The zero-order chi connectivity index (χ0) is 15.1. The monoisotopic (exact) mass is 287 g/mol. The first-order chi connectivity index (χ1) is 9.25. The van der Waals surface area contributed by atoms with Crippen LogP contribution in [-0.2, 0) is 17.4 Å². The molecule has 1 aliphatic heterocycles. The molecule has 2 unspecified atom stereocenters. The number of likely N-dealkylation sites (N-methyl/N-ethyl adjacent to an activating group) is 1. The lowest BCUT2D eigenvalue weighted by Crippen LogP contribution is -2.40. The van der Waals surface area contributed by atoms with Crippen LogP contribution in [0.3, 0.4) is 0 Å². The number of carbonyl (C=O) groups is 1. The molecule has 0 radical (unpaired) electrons. The topological polar surface area (TPSA) is 40.5 Å². The van der Waals surface area contributed by atoms with Gasteiger partial charge >= 0.3 is 12.1 Å². The number of carboxylic acids is 1. The predicted molar refractivity (Wildman–Crippen MR) is 68.8 cm³/mol. The first-order valence-electron chi connectivity index (χ1n) is 6.45. The minimum absolute atomic E-state index is 0.295. The average Bonchev–Trinajstić information content (AvgIpc) is 2.73. The number of hydrogen-bond acceptors (Lipinski definition) is 2. The van der Waals surface area contributed by atoms with Crippen LogP contribution in [0.4, 0.5) is 18.9 Å². The van der Waals surface area contributed by atoms with Gasteiger partial charge in [-0.1, -0.05) is 0 Å². The van der Waals surface area contributed by atoms with Crippen molar-refractivity contribution < 1.29 is 23.1 Å². The molecule has 2 rings (SSSR count). The quantitative estimate of drug-likeness (QED) is 0.928. The van der Waals surface area contributed by atoms with Crippen molar-refractivity contribution in [1.29, 1.82) is 0 Å². The van der Waals surface area contributed by atoms with Gasteiger partial charge in [-0.25, -0.2) is 0 Å². The summed E-state index contributed by atoms with van der Waals surface area (Å²) in [4.78, 5) is 13.0. The Kier molecular flexibility index (Phi) is 3.67. The van der Waals surface area contributed by atoms with Crippen molar-refractivity contribution >= 4 is 11.7 Å². The van der Waals surface area contributed by atoms with Crippen molar-refractivity contribution in [2.45, 2.75) is 32.5 Å². The number of hydrogen-bond donors (Lipinski definition) is 1. The van der Waals surface area contributed by atoms with Gasteiger partial charge < -0.3 is 10.0 Å². The largest absolute Gasteiger partial charge is 0.481 e. The van der Waals surface area contributed by atoms with Gasteiger partial charge in [-0.3, -0.25) is 4.79 Å². The summed E-state index contributed by atoms with van der Waals surface area (Å²) in [6, 6.07) is 3.33. The Morgan fingerprint density at radius 1 is 1.50 bits per heavy atom. The van der Waals surface area contributed by atoms with Crippen LogP contribution in [0.25, 0.3) is 0 Å². The molecule has 2 atom stereocenters. The highest BCUT2D eigenvalue weighted by molar-refractivity contribution is 5.73. The van der Waals surface area contributed by atoms with Crippen molar-refractivity contribution in [2.24, 2.45) is 5.92 Å². The zero-order valence-electron chi connectivity index (χ0n) is 11.2. The summed E-state index contributed by atoms with van der Waals surface area (Å²) in [6.07, 6.45) is -4.04. The molecule has 0 fully saturated rings. The lowest BCUT2D eigenvalue weighted by atomic mass is 9.97. The fraction of sp³-hybridized carbons (Fsp3) is 0.500. The van der Waals surface area contributed by atoms with Crippen LogP contribution < -0.4 is 4.90 Å². The van der Waals surface area contributed by atoms with Gasteiger partial charge in [0.25, 0.3) is 0 Å². The first-order valence-corrected chi connectivity index (χ1v) is 6.45. The standard InChI is InChI=1S/C14H16F3NO2/c1-3-18-11-5-4-10(14(15,16)17)6-9(11)7-12(18)8(2)13(19)20/h4-6,8,12H,3,7H2,1-2H3,(H,19,20). The number of aliphatic carboxylic acids is 1. The molecule has 1 aliphatic rings. The summed E-state index contributed by atoms with van der Waals surface area (Å²) in [6.45, 7) is 4.03. The van der Waals surface area contributed by atoms with Crippen LogP contribution in [0.1, 0.15) is 25.0 Å². The highest BCUT2D eigenvalue weighted by Crippen LogP contribution is 2.39. The minimum atomic E-state index is -4.37. The van der Waals surface area contributed by atoms with Crippen LogP contribution in [-0.4, -0.2) is 23.7 Å². The second-order valence-electron chi connectivity index (χ2n) is 5.03. The van der Waals surface area contributed by atoms with Crippen LogP contribution >= 0.6 is 0 Å². The molecule has 0 saturated heterocycles. The number of halogens is 3. The van der Waals surface area contributed by atoms with Crippen molar-refractivity contribution in [1.82, 2.24) is 0 Å². The van der Waals surface area contributed by atoms with Crippen LogP contribution in [0.5, 0.6) is 0 Å². The predicted octanol–water partition coefficient (Wildman–Crippen LogP) is 3.18. The fourth-order valence-electron chi connectivity index (χ4n) is 2.74. The Bertz CT molecular complexity index is 528. The third-order valence-corrected chi connectivity index (χ3v) is 3.85. The Morgan fingerprint density at radius 3 is 2.65 bits per heavy atom. The Hall–Kier alpha value is -1.72. The molecule has 110 valence electrons. The molecule has 1 aromatic carbocycles. The summed E-state index contributed by atoms with van der Waals surface area (Å²) in [5.41, 5.74) is 0.592. The smallest absolute Gasteiger partial charge is 0.416 e. The average molecular weight is 287 g/mol. The minimum Gasteiger partial charge on any atom is -0.481 e. The number of fused-ring (bicyclic) bond motifs is 1. The van der Waals surface area contributed by atoms with E-state index in [1.165, 1.54) is 6.07 Å². The summed E-state index contributed by atoms with van der Waals surface area (Å²) < 4.78 is 38.1. The lowest BCUT2D eigenvalue weighted by Gasteiger charge is -2.28. The Morgan fingerprint density at radius 2 is 2.15 bits per heavy atom. The van der Waals surface area contributed by atoms with E-state index in [2.05, 4.69) is 0 Å². The van der Waals surface area contributed by atoms with E-state index in [9.17, 15) is 18.0 Å². The van der Waals surface area contributed by atoms with E-state index in [0.717, 1.165) is 12.1 Å². The molecular weight excluding hydrogens is 271 g/mol. The third-order valence-electron chi connectivity index (χ3n) is 3.85. The van der Waals surface area contributed by atoms with E-state index < -0.39 is 23.6 Å². The molecule has 1 aromatic rings. The van der Waals surface area contributed by atoms with Crippen molar-refractivity contribution in [3.05, 3.63) is 29.3 Å². The van der Waals surface area contributed by atoms with Crippen molar-refractivity contribution in [3.63, 3.8) is 0 Å². The number of anilines is 1. The maximum Gasteiger partial charge on any atom is 0.416 e. The lowest BCUT2D eigenvalue weighted by molar-refractivity contribution is -0.142. The second-order valence-corrected chi connectivity index (χ2v) is 5.03. The number of carboxylic acid groups (broad SMARTS) is 1. The van der Waals surface area contributed by atoms with Gasteiger partial charge in [-0.2, -0.15) is 13.2 Å². The van der Waals surface area contributed by atoms with Gasteiger partial charge in [-0.15, -0.1) is 0 Å². The van der Waals surface area contributed by atoms with E-state index in [1.807, 2.05) is 11.8 Å². The fourth-order valence-corrected chi connectivity index (χ4v) is 2.74. The molecule has 0 aliphatic carbocycles. The SMILES string of the molecule is CCN1c2ccc(C(F)(F)F)cc2CC1C(C)C(=O)O. The van der Waals surface area contributed by atoms with Gasteiger partial charge in [0.05, 0.1) is 11.5 Å². The highest BCUT2D eigenvalue weighted by Gasteiger charge is 2.38. The molecule has 6 heteroatoms. The second kappa shape index (κ2) is 5.00. The molecule has 20 heavy (non-hydrogen) atoms. The number of alkyl halides is 3. The summed E-state index contributed by atoms with van der Waals surface area (Å²) >= 11 is 0. The zero-order valence-corrected chi connectivity index (χ0v) is 11.2.